The van der Waals surface area contributed by atoms with Gasteiger partial charge in [-0.25, -0.2) is 34.9 Å². The highest BCUT2D eigenvalue weighted by molar-refractivity contribution is 6.33. The Labute approximate surface area is 528 Å². The monoisotopic (exact) mass is 1270 g/mol. The van der Waals surface area contributed by atoms with Crippen LogP contribution in [-0.4, -0.2) is 98.8 Å². The zero-order valence-corrected chi connectivity index (χ0v) is 53.9. The summed E-state index contributed by atoms with van der Waals surface area (Å²) in [5, 5.41) is 8.86. The Morgan fingerprint density at radius 2 is 0.701 bits per heavy atom. The molecule has 87 heavy (non-hydrogen) atoms. The number of hydrogen-bond donors (Lipinski definition) is 8. The average molecular weight is 1270 g/mol. The Morgan fingerprint density at radius 3 is 1.02 bits per heavy atom. The second-order valence-corrected chi connectivity index (χ2v) is 21.5. The van der Waals surface area contributed by atoms with E-state index in [0.29, 0.717) is 42.8 Å². The van der Waals surface area contributed by atoms with Crippen molar-refractivity contribution < 1.29 is 4.39 Å². The molecule has 12 rings (SSSR count). The van der Waals surface area contributed by atoms with Gasteiger partial charge in [-0.2, -0.15) is 4.39 Å². The van der Waals surface area contributed by atoms with Crippen LogP contribution in [0.15, 0.2) is 110 Å². The van der Waals surface area contributed by atoms with Crippen LogP contribution in [0.2, 0.25) is 25.8 Å². The predicted octanol–water partition coefficient (Wildman–Crippen LogP) is 16.3. The summed E-state index contributed by atoms with van der Waals surface area (Å²) in [5.41, 5.74) is 15.7. The molecule has 0 aliphatic heterocycles. The molecular weight excluding hydrogens is 1210 g/mol. The van der Waals surface area contributed by atoms with Crippen molar-refractivity contribution in [3.63, 3.8) is 0 Å². The fourth-order valence-electron chi connectivity index (χ4n) is 8.18. The van der Waals surface area contributed by atoms with Crippen LogP contribution >= 0.6 is 58.0 Å². The van der Waals surface area contributed by atoms with Crippen molar-refractivity contribution in [1.82, 2.24) is 84.7 Å². The zero-order chi connectivity index (χ0) is 63.1. The third-order valence-corrected chi connectivity index (χ3v) is 13.8. The number of aromatic nitrogens is 17. The Bertz CT molecular complexity index is 3960. The number of hydrogen-bond acceptors (Lipinski definition) is 13. The topological polar surface area (TPSA) is 261 Å². The Balaban J connectivity index is 0.000000149. The van der Waals surface area contributed by atoms with Gasteiger partial charge >= 0.3 is 0 Å². The largest absolute Gasteiger partial charge is 0.388 e. The zero-order valence-electron chi connectivity index (χ0n) is 50.1. The molecular formula is C62H65Cl5FN19. The average Bonchev–Trinajstić information content (AvgIpc) is 3.73. The second kappa shape index (κ2) is 30.5. The molecule has 450 valence electrons. The number of nitrogens with zero attached hydrogens (tertiary/aromatic N) is 11. The van der Waals surface area contributed by atoms with Crippen LogP contribution in [0.5, 0.6) is 0 Å². The van der Waals surface area contributed by atoms with Gasteiger partial charge in [-0.1, -0.05) is 70.1 Å². The number of rotatable bonds is 8. The summed E-state index contributed by atoms with van der Waals surface area (Å²) in [4.78, 5) is 63.8. The van der Waals surface area contributed by atoms with E-state index >= 15 is 0 Å². The molecule has 12 aromatic rings. The first-order valence-electron chi connectivity index (χ1n) is 27.0. The van der Waals surface area contributed by atoms with E-state index < -0.39 is 5.95 Å². The maximum absolute atomic E-state index is 13.3. The van der Waals surface area contributed by atoms with E-state index in [1.54, 1.807) is 37.8 Å². The van der Waals surface area contributed by atoms with Gasteiger partial charge in [0, 0.05) is 107 Å². The molecule has 19 nitrogen and oxygen atoms in total. The maximum atomic E-state index is 13.3. The standard InChI is InChI=1S/2C11H12ClN3.C10H11ClN4.2C10H10ClN3.C10H10FN3/c1-6-4-7(2)13-5-9(6)10-11(12)15-8(3)14-10;1-7-14-10(11(12)15-7)8-4-3-5-9(6-8)13-2;1-6-14-9(10(11)15-6)7-3-4-8(12-2)13-5-7;3*1-6-3-4-8(5-12-6)9-10(11)14-7(2)13-9/h4-5H,1-3H3,(H,14,15);3-6,13H,1-2H3,(H,14,15);3-5H,1-2H3,(H,12,13)(H,14,15);3*3-5H,1-2H3,(H,13,14). The minimum atomic E-state index is -0.409. The maximum Gasteiger partial charge on any atom is 0.219 e. The Hall–Kier alpha value is -8.79. The molecule has 8 N–H and O–H groups in total. The summed E-state index contributed by atoms with van der Waals surface area (Å²) in [7, 11) is 3.71. The van der Waals surface area contributed by atoms with Crippen molar-refractivity contribution in [2.75, 3.05) is 24.7 Å². The van der Waals surface area contributed by atoms with Gasteiger partial charge in [-0.3, -0.25) is 19.9 Å². The number of anilines is 2. The lowest BCUT2D eigenvalue weighted by molar-refractivity contribution is 0.592. The second-order valence-electron chi connectivity index (χ2n) is 19.6. The molecule has 1 aromatic carbocycles. The number of nitrogens with one attached hydrogen (secondary N) is 8. The van der Waals surface area contributed by atoms with Gasteiger partial charge in [-0.15, -0.1) is 0 Å². The first kappa shape index (κ1) is 65.7. The summed E-state index contributed by atoms with van der Waals surface area (Å²) < 4.78 is 13.3. The van der Waals surface area contributed by atoms with Gasteiger partial charge in [0.25, 0.3) is 0 Å². The van der Waals surface area contributed by atoms with E-state index in [0.717, 1.165) is 125 Å². The molecule has 0 saturated carbocycles. The number of imidazole rings is 6. The van der Waals surface area contributed by atoms with E-state index in [9.17, 15) is 4.39 Å². The van der Waals surface area contributed by atoms with Crippen LogP contribution < -0.4 is 10.6 Å². The normalized spacial score (nSPS) is 10.5. The van der Waals surface area contributed by atoms with E-state index in [2.05, 4.69) is 95.4 Å². The quantitative estimate of drug-likeness (QED) is 0.0705. The third-order valence-electron chi connectivity index (χ3n) is 12.4. The SMILES string of the molecule is CNc1ccc(-c2nc(C)[nH]c2Cl)cn1.CNc1cccc(-c2nc(C)[nH]c2Cl)c1.Cc1cc(C)c(-c2nc(C)[nH]c2Cl)cn1.Cc1ccc(-c2nc(C)[nH]c2Cl)cn1.Cc1ccc(-c2nc(C)[nH]c2Cl)cn1.Cc1ccc(-c2nc(C)[nH]c2F)cn1. The molecule has 0 fully saturated rings. The van der Waals surface area contributed by atoms with Gasteiger partial charge in [0.1, 0.15) is 101 Å². The first-order chi connectivity index (χ1) is 41.5. The predicted molar refractivity (Wildman–Crippen MR) is 349 cm³/mol. The smallest absolute Gasteiger partial charge is 0.219 e. The lowest BCUT2D eigenvalue weighted by atomic mass is 10.1. The summed E-state index contributed by atoms with van der Waals surface area (Å²) in [6, 6.07) is 25.3. The highest BCUT2D eigenvalue weighted by Crippen LogP contribution is 2.31. The van der Waals surface area contributed by atoms with Crippen molar-refractivity contribution in [1.29, 1.82) is 0 Å². The van der Waals surface area contributed by atoms with Crippen LogP contribution in [0.4, 0.5) is 15.9 Å². The van der Waals surface area contributed by atoms with Crippen LogP contribution in [0.3, 0.4) is 0 Å². The summed E-state index contributed by atoms with van der Waals surface area (Å²) in [5.74, 6) is 5.04. The van der Waals surface area contributed by atoms with Crippen molar-refractivity contribution in [2.45, 2.75) is 76.2 Å². The molecule has 0 radical (unpaired) electrons. The summed E-state index contributed by atoms with van der Waals surface area (Å²) >= 11 is 30.0. The highest BCUT2D eigenvalue weighted by Gasteiger charge is 2.15. The van der Waals surface area contributed by atoms with Crippen molar-refractivity contribution >= 4 is 69.5 Å². The molecule has 0 atom stereocenters. The highest BCUT2D eigenvalue weighted by atomic mass is 35.5. The minimum Gasteiger partial charge on any atom is -0.388 e. The fourth-order valence-corrected chi connectivity index (χ4v) is 9.62. The van der Waals surface area contributed by atoms with E-state index in [4.69, 9.17) is 58.0 Å². The Kier molecular flexibility index (Phi) is 23.1. The summed E-state index contributed by atoms with van der Waals surface area (Å²) in [6.45, 7) is 20.9. The molecule has 0 aliphatic carbocycles. The molecule has 0 amide bonds. The molecule has 11 heterocycles. The number of aryl methyl sites for hydroxylation is 11. The number of pyridine rings is 5. The van der Waals surface area contributed by atoms with Gasteiger partial charge in [0.2, 0.25) is 5.95 Å². The number of aromatic amines is 6. The molecule has 0 unspecified atom stereocenters. The van der Waals surface area contributed by atoms with Crippen molar-refractivity contribution in [3.8, 4) is 67.5 Å². The molecule has 0 spiro atoms. The van der Waals surface area contributed by atoms with Crippen LogP contribution in [-0.2, 0) is 0 Å². The fraction of sp³-hybridized carbons (Fsp3) is 0.210. The van der Waals surface area contributed by atoms with Crippen LogP contribution in [0, 0.1) is 82.1 Å². The molecule has 0 saturated heterocycles. The van der Waals surface area contributed by atoms with E-state index in [1.165, 1.54) is 0 Å². The summed E-state index contributed by atoms with van der Waals surface area (Å²) in [6.07, 6.45) is 8.72. The molecule has 0 bridgehead atoms. The molecule has 11 aromatic heterocycles. The lowest BCUT2D eigenvalue weighted by Crippen LogP contribution is -1.91. The minimum absolute atomic E-state index is 0.329. The first-order valence-corrected chi connectivity index (χ1v) is 28.9. The van der Waals surface area contributed by atoms with Crippen LogP contribution in [0.25, 0.3) is 67.5 Å². The number of benzene rings is 1. The van der Waals surface area contributed by atoms with Crippen molar-refractivity contribution in [3.05, 3.63) is 205 Å². The Morgan fingerprint density at radius 1 is 0.345 bits per heavy atom. The number of H-pyrrole nitrogens is 6. The van der Waals surface area contributed by atoms with Gasteiger partial charge in [-0.05, 0) is 148 Å². The third kappa shape index (κ3) is 18.4. The van der Waals surface area contributed by atoms with Gasteiger partial charge in [0.05, 0.1) is 0 Å². The van der Waals surface area contributed by atoms with E-state index in [1.807, 2.05) is 162 Å². The van der Waals surface area contributed by atoms with Gasteiger partial charge in [0.15, 0.2) is 0 Å². The lowest BCUT2D eigenvalue weighted by Gasteiger charge is -2.03. The molecule has 0 aliphatic rings. The van der Waals surface area contributed by atoms with Crippen LogP contribution in [0.1, 0.15) is 63.3 Å². The molecule has 25 heteroatoms. The van der Waals surface area contributed by atoms with Crippen molar-refractivity contribution in [2.24, 2.45) is 0 Å². The van der Waals surface area contributed by atoms with Gasteiger partial charge < -0.3 is 40.5 Å². The number of halogens is 6. The van der Waals surface area contributed by atoms with E-state index in [-0.39, 0.29) is 0 Å².